The molecule has 2 aliphatic rings. The number of carbonyl (C=O) groups excluding carboxylic acids is 1. The number of hydrogen-bond acceptors (Lipinski definition) is 4. The van der Waals surface area contributed by atoms with Crippen LogP contribution in [0.3, 0.4) is 0 Å². The molecule has 0 aliphatic carbocycles. The molecule has 0 aromatic heterocycles. The van der Waals surface area contributed by atoms with Crippen molar-refractivity contribution in [3.63, 3.8) is 0 Å². The molecule has 9 heteroatoms. The van der Waals surface area contributed by atoms with Crippen molar-refractivity contribution < 1.29 is 27.8 Å². The third kappa shape index (κ3) is 4.39. The van der Waals surface area contributed by atoms with E-state index in [1.807, 2.05) is 4.90 Å². The van der Waals surface area contributed by atoms with E-state index in [9.17, 15) is 23.1 Å². The molecular weight excluding hydrogens is 351 g/mol. The number of anilines is 2. The molecule has 0 radical (unpaired) electrons. The van der Waals surface area contributed by atoms with E-state index in [2.05, 4.69) is 10.6 Å². The van der Waals surface area contributed by atoms with E-state index in [1.165, 1.54) is 6.07 Å². The SMILES string of the molecule is O=C(NCC1(O)CCOC1)Nc1cc(C(F)(F)F)ccc1N1CCCC1. The average Bonchev–Trinajstić information content (AvgIpc) is 3.24. The Kier molecular flexibility index (Phi) is 5.29. The fourth-order valence-electron chi connectivity index (χ4n) is 3.19. The zero-order valence-electron chi connectivity index (χ0n) is 14.2. The number of ether oxygens (including phenoxy) is 1. The minimum Gasteiger partial charge on any atom is -0.386 e. The number of benzene rings is 1. The standard InChI is InChI=1S/C17H22F3N3O3/c18-17(19,20)12-3-4-14(23-6-1-2-7-23)13(9-12)22-15(24)21-10-16(25)5-8-26-11-16/h3-4,9,25H,1-2,5-8,10-11H2,(H2,21,22,24). The molecule has 3 N–H and O–H groups in total. The van der Waals surface area contributed by atoms with Crippen LogP contribution < -0.4 is 15.5 Å². The Morgan fingerprint density at radius 2 is 2.04 bits per heavy atom. The molecule has 1 unspecified atom stereocenters. The van der Waals surface area contributed by atoms with Crippen LogP contribution >= 0.6 is 0 Å². The smallest absolute Gasteiger partial charge is 0.386 e. The largest absolute Gasteiger partial charge is 0.416 e. The summed E-state index contributed by atoms with van der Waals surface area (Å²) in [5.74, 6) is 0. The normalized spacial score (nSPS) is 23.3. The highest BCUT2D eigenvalue weighted by Gasteiger charge is 2.33. The molecule has 1 atom stereocenters. The Bertz CT molecular complexity index is 654. The number of carbonyl (C=O) groups is 1. The molecule has 1 aromatic carbocycles. The van der Waals surface area contributed by atoms with Gasteiger partial charge in [0, 0.05) is 26.1 Å². The van der Waals surface area contributed by atoms with Gasteiger partial charge in [0.25, 0.3) is 0 Å². The van der Waals surface area contributed by atoms with Crippen LogP contribution in [0, 0.1) is 0 Å². The van der Waals surface area contributed by atoms with Gasteiger partial charge < -0.3 is 25.4 Å². The summed E-state index contributed by atoms with van der Waals surface area (Å²) >= 11 is 0. The Balaban J connectivity index is 1.74. The van der Waals surface area contributed by atoms with Crippen molar-refractivity contribution in [2.45, 2.75) is 31.0 Å². The van der Waals surface area contributed by atoms with Gasteiger partial charge in [-0.25, -0.2) is 4.79 Å². The first-order valence-electron chi connectivity index (χ1n) is 8.58. The van der Waals surface area contributed by atoms with Crippen molar-refractivity contribution in [2.75, 3.05) is 43.1 Å². The zero-order valence-corrected chi connectivity index (χ0v) is 14.2. The summed E-state index contributed by atoms with van der Waals surface area (Å²) in [7, 11) is 0. The fraction of sp³-hybridized carbons (Fsp3) is 0.588. The van der Waals surface area contributed by atoms with Crippen molar-refractivity contribution in [2.24, 2.45) is 0 Å². The predicted octanol–water partition coefficient (Wildman–Crippen LogP) is 2.58. The number of hydrogen-bond donors (Lipinski definition) is 3. The summed E-state index contributed by atoms with van der Waals surface area (Å²) in [6.07, 6.45) is -2.18. The second-order valence-electron chi connectivity index (χ2n) is 6.76. The Morgan fingerprint density at radius 1 is 1.31 bits per heavy atom. The van der Waals surface area contributed by atoms with Gasteiger partial charge in [0.1, 0.15) is 5.60 Å². The first-order chi connectivity index (χ1) is 12.3. The van der Waals surface area contributed by atoms with Crippen LogP contribution in [-0.4, -0.2) is 49.6 Å². The van der Waals surface area contributed by atoms with E-state index >= 15 is 0 Å². The van der Waals surface area contributed by atoms with Crippen LogP contribution in [0.5, 0.6) is 0 Å². The van der Waals surface area contributed by atoms with Crippen molar-refractivity contribution in [3.05, 3.63) is 23.8 Å². The maximum Gasteiger partial charge on any atom is 0.416 e. The Morgan fingerprint density at radius 3 is 2.65 bits per heavy atom. The number of alkyl halides is 3. The van der Waals surface area contributed by atoms with Gasteiger partial charge >= 0.3 is 12.2 Å². The monoisotopic (exact) mass is 373 g/mol. The summed E-state index contributed by atoms with van der Waals surface area (Å²) in [4.78, 5) is 14.1. The van der Waals surface area contributed by atoms with Crippen molar-refractivity contribution >= 4 is 17.4 Å². The van der Waals surface area contributed by atoms with Gasteiger partial charge in [-0.05, 0) is 31.0 Å². The van der Waals surface area contributed by atoms with Crippen LogP contribution in [0.25, 0.3) is 0 Å². The number of aliphatic hydroxyl groups is 1. The first-order valence-corrected chi connectivity index (χ1v) is 8.58. The average molecular weight is 373 g/mol. The second kappa shape index (κ2) is 7.32. The Labute approximate surface area is 149 Å². The summed E-state index contributed by atoms with van der Waals surface area (Å²) in [5.41, 5.74) is -1.29. The van der Waals surface area contributed by atoms with Crippen LogP contribution in [-0.2, 0) is 10.9 Å². The summed E-state index contributed by atoms with van der Waals surface area (Å²) < 4.78 is 44.2. The highest BCUT2D eigenvalue weighted by molar-refractivity contribution is 5.93. The van der Waals surface area contributed by atoms with Crippen molar-refractivity contribution in [1.29, 1.82) is 0 Å². The molecular formula is C17H22F3N3O3. The summed E-state index contributed by atoms with van der Waals surface area (Å²) in [6, 6.07) is 2.70. The first kappa shape index (κ1) is 18.8. The third-order valence-electron chi connectivity index (χ3n) is 4.68. The number of urea groups is 1. The van der Waals surface area contributed by atoms with Crippen LogP contribution in [0.15, 0.2) is 18.2 Å². The van der Waals surface area contributed by atoms with Crippen LogP contribution in [0.2, 0.25) is 0 Å². The molecule has 2 aliphatic heterocycles. The van der Waals surface area contributed by atoms with Crippen LogP contribution in [0.1, 0.15) is 24.8 Å². The summed E-state index contributed by atoms with van der Waals surface area (Å²) in [6.45, 7) is 1.97. The van der Waals surface area contributed by atoms with Crippen molar-refractivity contribution in [3.8, 4) is 0 Å². The topological polar surface area (TPSA) is 73.8 Å². The maximum absolute atomic E-state index is 13.0. The van der Waals surface area contributed by atoms with Gasteiger partial charge in [0.05, 0.1) is 30.1 Å². The van der Waals surface area contributed by atoms with Gasteiger partial charge in [0.15, 0.2) is 0 Å². The van der Waals surface area contributed by atoms with E-state index in [0.717, 1.165) is 38.1 Å². The number of nitrogens with zero attached hydrogens (tertiary/aromatic N) is 1. The molecule has 26 heavy (non-hydrogen) atoms. The van der Waals surface area contributed by atoms with E-state index in [-0.39, 0.29) is 18.8 Å². The lowest BCUT2D eigenvalue weighted by molar-refractivity contribution is -0.137. The van der Waals surface area contributed by atoms with E-state index in [4.69, 9.17) is 4.74 Å². The Hall–Kier alpha value is -2.00. The molecule has 2 fully saturated rings. The molecule has 2 heterocycles. The second-order valence-corrected chi connectivity index (χ2v) is 6.76. The van der Waals surface area contributed by atoms with Gasteiger partial charge in [-0.1, -0.05) is 0 Å². The third-order valence-corrected chi connectivity index (χ3v) is 4.68. The molecule has 1 aromatic rings. The lowest BCUT2D eigenvalue weighted by atomic mass is 10.0. The highest BCUT2D eigenvalue weighted by Crippen LogP contribution is 2.36. The molecule has 6 nitrogen and oxygen atoms in total. The van der Waals surface area contributed by atoms with Gasteiger partial charge in [0.2, 0.25) is 0 Å². The molecule has 144 valence electrons. The van der Waals surface area contributed by atoms with E-state index < -0.39 is 23.4 Å². The molecule has 3 rings (SSSR count). The number of rotatable bonds is 4. The predicted molar refractivity (Wildman–Crippen MR) is 90.3 cm³/mol. The van der Waals surface area contributed by atoms with Gasteiger partial charge in [-0.15, -0.1) is 0 Å². The number of nitrogens with one attached hydrogen (secondary N) is 2. The number of halogens is 3. The minimum absolute atomic E-state index is 0.0309. The van der Waals surface area contributed by atoms with E-state index in [0.29, 0.717) is 18.7 Å². The molecule has 2 amide bonds. The summed E-state index contributed by atoms with van der Waals surface area (Å²) in [5, 5.41) is 15.2. The van der Waals surface area contributed by atoms with Gasteiger partial charge in [-0.3, -0.25) is 0 Å². The zero-order chi connectivity index (χ0) is 18.8. The lowest BCUT2D eigenvalue weighted by Gasteiger charge is -2.24. The lowest BCUT2D eigenvalue weighted by Crippen LogP contribution is -2.44. The molecule has 0 spiro atoms. The fourth-order valence-corrected chi connectivity index (χ4v) is 3.19. The maximum atomic E-state index is 13.0. The number of amides is 2. The molecule has 0 bridgehead atoms. The van der Waals surface area contributed by atoms with Crippen LogP contribution in [0.4, 0.5) is 29.3 Å². The van der Waals surface area contributed by atoms with Gasteiger partial charge in [-0.2, -0.15) is 13.2 Å². The molecule has 2 saturated heterocycles. The minimum atomic E-state index is -4.49. The molecule has 0 saturated carbocycles. The highest BCUT2D eigenvalue weighted by atomic mass is 19.4. The van der Waals surface area contributed by atoms with E-state index in [1.54, 1.807) is 0 Å². The van der Waals surface area contributed by atoms with Crippen molar-refractivity contribution in [1.82, 2.24) is 5.32 Å². The quantitative estimate of drug-likeness (QED) is 0.759.